The third-order valence-electron chi connectivity index (χ3n) is 4.63. The number of rotatable bonds is 5. The van der Waals surface area contributed by atoms with Gasteiger partial charge in [-0.3, -0.25) is 14.3 Å². The number of nitrogens with zero attached hydrogens (tertiary/aromatic N) is 4. The van der Waals surface area contributed by atoms with Crippen LogP contribution in [0.1, 0.15) is 22.3 Å². The van der Waals surface area contributed by atoms with Gasteiger partial charge in [-0.1, -0.05) is 30.3 Å². The molecule has 0 spiro atoms. The van der Waals surface area contributed by atoms with Crippen molar-refractivity contribution in [2.45, 2.75) is 19.0 Å². The Morgan fingerprint density at radius 2 is 2.08 bits per heavy atom. The lowest BCUT2D eigenvalue weighted by atomic mass is 10.2. The molecule has 4 rings (SSSR count). The van der Waals surface area contributed by atoms with Gasteiger partial charge in [0.15, 0.2) is 0 Å². The molecule has 3 heterocycles. The van der Waals surface area contributed by atoms with Gasteiger partial charge < -0.3 is 5.32 Å². The molecule has 132 valence electrons. The highest BCUT2D eigenvalue weighted by atomic mass is 16.1. The van der Waals surface area contributed by atoms with E-state index in [1.54, 1.807) is 35.4 Å². The summed E-state index contributed by atoms with van der Waals surface area (Å²) < 4.78 is 1.79. The average Bonchev–Trinajstić information content (AvgIpc) is 3.35. The summed E-state index contributed by atoms with van der Waals surface area (Å²) in [5, 5.41) is 3.15. The van der Waals surface area contributed by atoms with Gasteiger partial charge in [0.05, 0.1) is 0 Å². The van der Waals surface area contributed by atoms with Gasteiger partial charge >= 0.3 is 0 Å². The number of nitrogens with one attached hydrogen (secondary N) is 1. The number of likely N-dealkylation sites (tertiary alicyclic amines) is 1. The van der Waals surface area contributed by atoms with E-state index in [-0.39, 0.29) is 11.9 Å². The minimum absolute atomic E-state index is 0.0553. The van der Waals surface area contributed by atoms with Gasteiger partial charge in [-0.2, -0.15) is 0 Å². The van der Waals surface area contributed by atoms with E-state index < -0.39 is 0 Å². The summed E-state index contributed by atoms with van der Waals surface area (Å²) in [7, 11) is 0. The number of pyridine rings is 1. The van der Waals surface area contributed by atoms with E-state index in [0.29, 0.717) is 11.4 Å². The van der Waals surface area contributed by atoms with E-state index in [1.807, 2.05) is 12.3 Å². The maximum atomic E-state index is 12.6. The zero-order valence-corrected chi connectivity index (χ0v) is 14.5. The molecule has 26 heavy (non-hydrogen) atoms. The number of benzene rings is 1. The van der Waals surface area contributed by atoms with Crippen LogP contribution < -0.4 is 5.32 Å². The van der Waals surface area contributed by atoms with Crippen LogP contribution in [0, 0.1) is 0 Å². The highest BCUT2D eigenvalue weighted by molar-refractivity contribution is 5.94. The molecule has 1 amide bonds. The van der Waals surface area contributed by atoms with E-state index in [0.717, 1.165) is 26.1 Å². The Balaban J connectivity index is 1.36. The number of hydrogen-bond donors (Lipinski definition) is 1. The van der Waals surface area contributed by atoms with Crippen LogP contribution in [0.3, 0.4) is 0 Å². The van der Waals surface area contributed by atoms with Crippen molar-refractivity contribution in [3.05, 3.63) is 78.5 Å². The highest BCUT2D eigenvalue weighted by Gasteiger charge is 2.24. The summed E-state index contributed by atoms with van der Waals surface area (Å²) in [5.41, 5.74) is 1.92. The Morgan fingerprint density at radius 3 is 2.88 bits per heavy atom. The summed E-state index contributed by atoms with van der Waals surface area (Å²) in [5.74, 6) is 0.632. The first-order valence-electron chi connectivity index (χ1n) is 8.79. The number of amides is 1. The SMILES string of the molecule is O=C(N[C@@H]1CCN(Cc2ccccc2)C1)c1ccnc(-n2ccnc2)c1. The molecule has 6 heteroatoms. The first kappa shape index (κ1) is 16.5. The number of carbonyl (C=O) groups is 1. The van der Waals surface area contributed by atoms with Crippen molar-refractivity contribution in [3.63, 3.8) is 0 Å². The van der Waals surface area contributed by atoms with Gasteiger partial charge in [-0.25, -0.2) is 9.97 Å². The predicted molar refractivity (Wildman–Crippen MR) is 98.9 cm³/mol. The molecule has 0 saturated carbocycles. The fourth-order valence-corrected chi connectivity index (χ4v) is 3.30. The van der Waals surface area contributed by atoms with Crippen LogP contribution in [-0.2, 0) is 6.54 Å². The van der Waals surface area contributed by atoms with Crippen LogP contribution in [0.25, 0.3) is 5.82 Å². The molecule has 0 radical (unpaired) electrons. The standard InChI is InChI=1S/C20H21N5O/c26-20(17-6-8-22-19(12-17)25-11-9-21-15-25)23-18-7-10-24(14-18)13-16-4-2-1-3-5-16/h1-6,8-9,11-12,15,18H,7,10,13-14H2,(H,23,26)/t18-/m1/s1. The van der Waals surface area contributed by atoms with Crippen LogP contribution in [0.5, 0.6) is 0 Å². The first-order valence-corrected chi connectivity index (χ1v) is 8.79. The molecule has 0 unspecified atom stereocenters. The van der Waals surface area contributed by atoms with Crippen molar-refractivity contribution < 1.29 is 4.79 Å². The third-order valence-corrected chi connectivity index (χ3v) is 4.63. The molecule has 1 saturated heterocycles. The second-order valence-corrected chi connectivity index (χ2v) is 6.55. The fourth-order valence-electron chi connectivity index (χ4n) is 3.30. The van der Waals surface area contributed by atoms with Crippen LogP contribution in [0.2, 0.25) is 0 Å². The Kier molecular flexibility index (Phi) is 4.75. The van der Waals surface area contributed by atoms with Crippen molar-refractivity contribution >= 4 is 5.91 Å². The second kappa shape index (κ2) is 7.49. The molecular formula is C20H21N5O. The van der Waals surface area contributed by atoms with Crippen LogP contribution in [0.4, 0.5) is 0 Å². The molecule has 3 aromatic rings. The molecule has 6 nitrogen and oxygen atoms in total. The molecule has 1 aromatic carbocycles. The average molecular weight is 347 g/mol. The molecule has 1 aliphatic rings. The summed E-state index contributed by atoms with van der Waals surface area (Å²) in [6.07, 6.45) is 7.79. The van der Waals surface area contributed by atoms with Gasteiger partial charge in [-0.15, -0.1) is 0 Å². The molecule has 0 bridgehead atoms. The molecular weight excluding hydrogens is 326 g/mol. The Labute approximate surface area is 152 Å². The van der Waals surface area contributed by atoms with Gasteiger partial charge in [0.2, 0.25) is 0 Å². The maximum Gasteiger partial charge on any atom is 0.251 e. The molecule has 0 aliphatic carbocycles. The minimum atomic E-state index is -0.0553. The van der Waals surface area contributed by atoms with E-state index in [4.69, 9.17) is 0 Å². The number of hydrogen-bond acceptors (Lipinski definition) is 4. The normalized spacial score (nSPS) is 17.3. The van der Waals surface area contributed by atoms with Crippen molar-refractivity contribution in [3.8, 4) is 5.82 Å². The Hall–Kier alpha value is -2.99. The van der Waals surface area contributed by atoms with E-state index in [2.05, 4.69) is 44.5 Å². The smallest absolute Gasteiger partial charge is 0.251 e. The van der Waals surface area contributed by atoms with Crippen molar-refractivity contribution in [1.82, 2.24) is 24.8 Å². The molecule has 1 aliphatic heterocycles. The predicted octanol–water partition coefficient (Wildman–Crippen LogP) is 2.27. The van der Waals surface area contributed by atoms with Crippen LogP contribution in [0.15, 0.2) is 67.4 Å². The fraction of sp³-hybridized carbons (Fsp3) is 0.250. The lowest BCUT2D eigenvalue weighted by Gasteiger charge is -2.17. The summed E-state index contributed by atoms with van der Waals surface area (Å²) >= 11 is 0. The van der Waals surface area contributed by atoms with Crippen molar-refractivity contribution in [1.29, 1.82) is 0 Å². The molecule has 1 atom stereocenters. The summed E-state index contributed by atoms with van der Waals surface area (Å²) in [6, 6.07) is 14.1. The largest absolute Gasteiger partial charge is 0.348 e. The number of aromatic nitrogens is 3. The third kappa shape index (κ3) is 3.81. The quantitative estimate of drug-likeness (QED) is 0.769. The lowest BCUT2D eigenvalue weighted by molar-refractivity contribution is 0.0937. The molecule has 2 aromatic heterocycles. The van der Waals surface area contributed by atoms with Crippen molar-refractivity contribution in [2.75, 3.05) is 13.1 Å². The van der Waals surface area contributed by atoms with Gasteiger partial charge in [-0.05, 0) is 24.1 Å². The van der Waals surface area contributed by atoms with Gasteiger partial charge in [0, 0.05) is 49.8 Å². The van der Waals surface area contributed by atoms with E-state index in [9.17, 15) is 4.79 Å². The van der Waals surface area contributed by atoms with E-state index >= 15 is 0 Å². The van der Waals surface area contributed by atoms with Crippen molar-refractivity contribution in [2.24, 2.45) is 0 Å². The summed E-state index contributed by atoms with van der Waals surface area (Å²) in [6.45, 7) is 2.80. The zero-order chi connectivity index (χ0) is 17.8. The topological polar surface area (TPSA) is 63.1 Å². The number of imidazole rings is 1. The van der Waals surface area contributed by atoms with Gasteiger partial charge in [0.1, 0.15) is 12.1 Å². The number of carbonyl (C=O) groups excluding carboxylic acids is 1. The molecule has 1 fully saturated rings. The second-order valence-electron chi connectivity index (χ2n) is 6.55. The maximum absolute atomic E-state index is 12.6. The minimum Gasteiger partial charge on any atom is -0.348 e. The van der Waals surface area contributed by atoms with Crippen LogP contribution in [-0.4, -0.2) is 44.5 Å². The highest BCUT2D eigenvalue weighted by Crippen LogP contribution is 2.14. The van der Waals surface area contributed by atoms with E-state index in [1.165, 1.54) is 5.56 Å². The zero-order valence-electron chi connectivity index (χ0n) is 14.5. The van der Waals surface area contributed by atoms with Crippen LogP contribution >= 0.6 is 0 Å². The summed E-state index contributed by atoms with van der Waals surface area (Å²) in [4.78, 5) is 23.3. The Bertz CT molecular complexity index is 863. The molecule has 1 N–H and O–H groups in total. The lowest BCUT2D eigenvalue weighted by Crippen LogP contribution is -2.37. The monoisotopic (exact) mass is 347 g/mol. The van der Waals surface area contributed by atoms with Gasteiger partial charge in [0.25, 0.3) is 5.91 Å². The first-order chi connectivity index (χ1) is 12.8. The Morgan fingerprint density at radius 1 is 1.19 bits per heavy atom.